The predicted molar refractivity (Wildman–Crippen MR) is 114 cm³/mol. The molecule has 0 aromatic heterocycles. The molecule has 120 valence electrons. The topological polar surface area (TPSA) is 0 Å². The summed E-state index contributed by atoms with van der Waals surface area (Å²) in [6, 6.07) is 16.8. The quantitative estimate of drug-likeness (QED) is 0.392. The van der Waals surface area contributed by atoms with Crippen molar-refractivity contribution >= 4 is 73.9 Å². The third-order valence-corrected chi connectivity index (χ3v) is 10.3. The van der Waals surface area contributed by atoms with Crippen LogP contribution in [0, 0.1) is 0 Å². The van der Waals surface area contributed by atoms with Gasteiger partial charge in [0, 0.05) is 0 Å². The van der Waals surface area contributed by atoms with Crippen molar-refractivity contribution in [1.82, 2.24) is 0 Å². The molecule has 1 aliphatic heterocycles. The third-order valence-electron chi connectivity index (χ3n) is 3.21. The van der Waals surface area contributed by atoms with E-state index in [4.69, 9.17) is 0 Å². The van der Waals surface area contributed by atoms with E-state index < -0.39 is 0 Å². The minimum absolute atomic E-state index is 0.468. The average molecular weight is 572 g/mol. The summed E-state index contributed by atoms with van der Waals surface area (Å²) in [4.78, 5) is 2.40. The van der Waals surface area contributed by atoms with Crippen LogP contribution in [-0.4, -0.2) is 29.9 Å². The van der Waals surface area contributed by atoms with Crippen LogP contribution < -0.4 is 0 Å². The molecule has 0 spiro atoms. The molecule has 0 atom stereocenters. The van der Waals surface area contributed by atoms with Gasteiger partial charge in [0.1, 0.15) is 0 Å². The first-order chi connectivity index (χ1) is 11.7. The Labute approximate surface area is 172 Å². The molecule has 1 heterocycles. The Morgan fingerprint density at radius 3 is 1.92 bits per heavy atom. The second-order valence-electron chi connectivity index (χ2n) is 5.02. The number of benzene rings is 2. The summed E-state index contributed by atoms with van der Waals surface area (Å²) in [6.07, 6.45) is 11.1. The van der Waals surface area contributed by atoms with Gasteiger partial charge in [0.2, 0.25) is 0 Å². The van der Waals surface area contributed by atoms with E-state index in [9.17, 15) is 0 Å². The van der Waals surface area contributed by atoms with Gasteiger partial charge in [-0.25, -0.2) is 0 Å². The fourth-order valence-corrected chi connectivity index (χ4v) is 7.93. The summed E-state index contributed by atoms with van der Waals surface area (Å²) >= 11 is 7.90. The van der Waals surface area contributed by atoms with Crippen LogP contribution in [0.25, 0.3) is 12.2 Å². The van der Waals surface area contributed by atoms with Crippen LogP contribution in [-0.2, 0) is 0 Å². The zero-order chi connectivity index (χ0) is 16.8. The van der Waals surface area contributed by atoms with Gasteiger partial charge in [-0.05, 0) is 0 Å². The van der Waals surface area contributed by atoms with Crippen molar-refractivity contribution in [3.05, 3.63) is 99.6 Å². The standard InChI is InChI=1S/C20H14Br2Se2/c21-17-9-4-15(5-10-17)2-1-3-20-23-14-19(24-20)13-8-16-6-11-18(22)12-7-16/h1-14H/b2-1+,13-8+,20-3+. The molecular weight excluding hydrogens is 558 g/mol. The normalized spacial score (nSPS) is 16.4. The summed E-state index contributed by atoms with van der Waals surface area (Å²) < 4.78 is 5.30. The van der Waals surface area contributed by atoms with Crippen LogP contribution >= 0.6 is 31.9 Å². The van der Waals surface area contributed by atoms with Gasteiger partial charge in [-0.1, -0.05) is 0 Å². The van der Waals surface area contributed by atoms with Gasteiger partial charge in [0.05, 0.1) is 0 Å². The summed E-state index contributed by atoms with van der Waals surface area (Å²) in [6.45, 7) is 0. The molecule has 0 fully saturated rings. The molecule has 0 aliphatic carbocycles. The van der Waals surface area contributed by atoms with E-state index in [2.05, 4.69) is 116 Å². The van der Waals surface area contributed by atoms with E-state index in [0.29, 0.717) is 29.9 Å². The van der Waals surface area contributed by atoms with Crippen molar-refractivity contribution in [3.63, 3.8) is 0 Å². The molecule has 1 aliphatic rings. The van der Waals surface area contributed by atoms with E-state index in [1.165, 1.54) is 15.6 Å². The van der Waals surface area contributed by atoms with Crippen LogP contribution in [0.5, 0.6) is 0 Å². The first-order valence-corrected chi connectivity index (χ1v) is 12.5. The van der Waals surface area contributed by atoms with Crippen LogP contribution in [0.15, 0.2) is 88.5 Å². The first kappa shape index (κ1) is 18.2. The molecule has 3 rings (SSSR count). The fraction of sp³-hybridized carbons (Fsp3) is 0. The number of hydrogen-bond acceptors (Lipinski definition) is 0. The van der Waals surface area contributed by atoms with Gasteiger partial charge in [0.15, 0.2) is 0 Å². The minimum atomic E-state index is 0.468. The molecule has 0 saturated heterocycles. The molecule has 24 heavy (non-hydrogen) atoms. The van der Waals surface area contributed by atoms with Crippen molar-refractivity contribution < 1.29 is 0 Å². The molecule has 0 saturated carbocycles. The van der Waals surface area contributed by atoms with Crippen molar-refractivity contribution in [3.8, 4) is 0 Å². The Balaban J connectivity index is 1.56. The van der Waals surface area contributed by atoms with Crippen LogP contribution in [0.3, 0.4) is 0 Å². The maximum absolute atomic E-state index is 3.47. The summed E-state index contributed by atoms with van der Waals surface area (Å²) in [5, 5.41) is 0. The molecule has 0 radical (unpaired) electrons. The van der Waals surface area contributed by atoms with E-state index >= 15 is 0 Å². The second kappa shape index (κ2) is 9.19. The van der Waals surface area contributed by atoms with Gasteiger partial charge >= 0.3 is 174 Å². The average Bonchev–Trinajstić information content (AvgIpc) is 3.04. The zero-order valence-electron chi connectivity index (χ0n) is 12.7. The monoisotopic (exact) mass is 572 g/mol. The van der Waals surface area contributed by atoms with E-state index in [-0.39, 0.29) is 0 Å². The Bertz CT molecular complexity index is 814. The molecule has 0 amide bonds. The molecule has 0 nitrogen and oxygen atoms in total. The van der Waals surface area contributed by atoms with Crippen molar-refractivity contribution in [2.45, 2.75) is 0 Å². The number of rotatable bonds is 4. The number of hydrogen-bond donors (Lipinski definition) is 0. The third kappa shape index (κ3) is 5.74. The summed E-state index contributed by atoms with van der Waals surface area (Å²) in [5.41, 5.74) is 2.48. The fourth-order valence-electron chi connectivity index (χ4n) is 1.99. The molecular formula is C20H14Br2Se2. The van der Waals surface area contributed by atoms with Crippen molar-refractivity contribution in [2.75, 3.05) is 0 Å². The Morgan fingerprint density at radius 2 is 1.29 bits per heavy atom. The van der Waals surface area contributed by atoms with E-state index in [1.807, 2.05) is 0 Å². The van der Waals surface area contributed by atoms with Crippen molar-refractivity contribution in [2.24, 2.45) is 0 Å². The second-order valence-corrected chi connectivity index (χ2v) is 12.4. The molecule has 0 N–H and O–H groups in total. The molecule has 0 bridgehead atoms. The Hall–Kier alpha value is -0.601. The Kier molecular flexibility index (Phi) is 6.97. The van der Waals surface area contributed by atoms with Crippen molar-refractivity contribution in [1.29, 1.82) is 0 Å². The van der Waals surface area contributed by atoms with Gasteiger partial charge < -0.3 is 0 Å². The molecule has 0 unspecified atom stereocenters. The molecule has 2 aromatic carbocycles. The van der Waals surface area contributed by atoms with Crippen LogP contribution in [0.2, 0.25) is 0 Å². The van der Waals surface area contributed by atoms with E-state index in [1.54, 1.807) is 3.37 Å². The SMILES string of the molecule is Brc1ccc(/C=C/C=C2\[Se]C=C(/C=C/c3ccc(Br)cc3)[Se]2)cc1. The van der Waals surface area contributed by atoms with Gasteiger partial charge in [-0.15, -0.1) is 0 Å². The van der Waals surface area contributed by atoms with Crippen LogP contribution in [0.4, 0.5) is 0 Å². The van der Waals surface area contributed by atoms with Crippen LogP contribution in [0.1, 0.15) is 11.1 Å². The number of allylic oxidation sites excluding steroid dienone is 4. The summed E-state index contributed by atoms with van der Waals surface area (Å²) in [5.74, 6) is 0. The van der Waals surface area contributed by atoms with E-state index in [0.717, 1.165) is 8.95 Å². The molecule has 4 heteroatoms. The zero-order valence-corrected chi connectivity index (χ0v) is 19.3. The number of halogens is 2. The first-order valence-electron chi connectivity index (χ1n) is 7.31. The van der Waals surface area contributed by atoms with Gasteiger partial charge in [-0.2, -0.15) is 0 Å². The van der Waals surface area contributed by atoms with Gasteiger partial charge in [-0.3, -0.25) is 0 Å². The molecule has 2 aromatic rings. The van der Waals surface area contributed by atoms with Gasteiger partial charge in [0.25, 0.3) is 0 Å². The summed E-state index contributed by atoms with van der Waals surface area (Å²) in [7, 11) is 0. The maximum atomic E-state index is 3.47. The predicted octanol–water partition coefficient (Wildman–Crippen LogP) is 6.04. The Morgan fingerprint density at radius 1 is 0.708 bits per heavy atom.